The number of fused-ring (bicyclic) bond motifs is 1. The van der Waals surface area contributed by atoms with Crippen LogP contribution in [0.1, 0.15) is 18.1 Å². The average Bonchev–Trinajstić information content (AvgIpc) is 2.46. The van der Waals surface area contributed by atoms with E-state index in [4.69, 9.17) is 9.47 Å². The van der Waals surface area contributed by atoms with Gasteiger partial charge in [-0.3, -0.25) is 4.90 Å². The predicted molar refractivity (Wildman–Crippen MR) is 75.1 cm³/mol. The maximum Gasteiger partial charge on any atom is 0.270 e. The molecule has 0 atom stereocenters. The van der Waals surface area contributed by atoms with Crippen molar-refractivity contribution in [2.75, 3.05) is 39.4 Å². The Balaban J connectivity index is 1.92. The first-order valence-corrected chi connectivity index (χ1v) is 7.28. The Bertz CT molecular complexity index is 511. The lowest BCUT2D eigenvalue weighted by Crippen LogP contribution is -2.43. The van der Waals surface area contributed by atoms with Crippen molar-refractivity contribution in [2.45, 2.75) is 19.4 Å². The van der Waals surface area contributed by atoms with Gasteiger partial charge in [0.15, 0.2) is 11.5 Å². The fraction of sp³-hybridized carbons (Fsp3) is 0.600. The molecule has 0 radical (unpaired) electrons. The van der Waals surface area contributed by atoms with Gasteiger partial charge in [0.25, 0.3) is 5.92 Å². The lowest BCUT2D eigenvalue weighted by molar-refractivity contribution is 0.0151. The summed E-state index contributed by atoms with van der Waals surface area (Å²) in [6, 6.07) is 3.15. The van der Waals surface area contributed by atoms with Crippen molar-refractivity contribution in [3.63, 3.8) is 0 Å². The highest BCUT2D eigenvalue weighted by atomic mass is 19.3. The minimum Gasteiger partial charge on any atom is -0.486 e. The second-order valence-electron chi connectivity index (χ2n) is 5.57. The van der Waals surface area contributed by atoms with Crippen molar-refractivity contribution in [3.8, 4) is 11.5 Å². The summed E-state index contributed by atoms with van der Waals surface area (Å²) in [6.45, 7) is 5.81. The molecule has 6 heteroatoms. The maximum atomic E-state index is 13.9. The van der Waals surface area contributed by atoms with E-state index in [1.54, 1.807) is 6.07 Å². The van der Waals surface area contributed by atoms with Crippen LogP contribution in [-0.4, -0.2) is 44.3 Å². The zero-order valence-corrected chi connectivity index (χ0v) is 12.1. The zero-order valence-electron chi connectivity index (χ0n) is 12.1. The van der Waals surface area contributed by atoms with Gasteiger partial charge in [-0.1, -0.05) is 0 Å². The molecule has 21 heavy (non-hydrogen) atoms. The second-order valence-corrected chi connectivity index (χ2v) is 5.57. The molecule has 1 aromatic rings. The Morgan fingerprint density at radius 1 is 1.14 bits per heavy atom. The van der Waals surface area contributed by atoms with Crippen LogP contribution in [0.2, 0.25) is 0 Å². The predicted octanol–water partition coefficient (Wildman–Crippen LogP) is 1.97. The van der Waals surface area contributed by atoms with E-state index in [2.05, 4.69) is 10.2 Å². The van der Waals surface area contributed by atoms with E-state index >= 15 is 0 Å². The van der Waals surface area contributed by atoms with Crippen LogP contribution < -0.4 is 14.8 Å². The molecule has 0 aliphatic carbocycles. The molecule has 1 saturated heterocycles. The van der Waals surface area contributed by atoms with Crippen LogP contribution in [0.3, 0.4) is 0 Å². The molecule has 2 aliphatic rings. The average molecular weight is 298 g/mol. The van der Waals surface area contributed by atoms with E-state index in [9.17, 15) is 8.78 Å². The summed E-state index contributed by atoms with van der Waals surface area (Å²) >= 11 is 0. The number of rotatable bonds is 3. The van der Waals surface area contributed by atoms with Gasteiger partial charge >= 0.3 is 0 Å². The number of hydrogen-bond donors (Lipinski definition) is 1. The van der Waals surface area contributed by atoms with E-state index in [1.165, 1.54) is 6.07 Å². The minimum absolute atomic E-state index is 0.0327. The Morgan fingerprint density at radius 2 is 1.76 bits per heavy atom. The smallest absolute Gasteiger partial charge is 0.270 e. The summed E-state index contributed by atoms with van der Waals surface area (Å²) in [5.41, 5.74) is 0.652. The molecule has 1 aromatic carbocycles. The van der Waals surface area contributed by atoms with Crippen molar-refractivity contribution in [1.29, 1.82) is 0 Å². The minimum atomic E-state index is -2.89. The summed E-state index contributed by atoms with van der Waals surface area (Å²) in [5.74, 6) is -1.90. The largest absolute Gasteiger partial charge is 0.486 e. The third kappa shape index (κ3) is 3.27. The van der Waals surface area contributed by atoms with E-state index < -0.39 is 5.92 Å². The van der Waals surface area contributed by atoms with Crippen molar-refractivity contribution >= 4 is 0 Å². The van der Waals surface area contributed by atoms with Crippen molar-refractivity contribution in [2.24, 2.45) is 0 Å². The molecule has 0 aromatic heterocycles. The van der Waals surface area contributed by atoms with Gasteiger partial charge in [-0.15, -0.1) is 0 Å². The molecule has 0 saturated carbocycles. The van der Waals surface area contributed by atoms with Crippen molar-refractivity contribution in [1.82, 2.24) is 10.2 Å². The van der Waals surface area contributed by atoms with Gasteiger partial charge in [-0.25, -0.2) is 8.78 Å². The summed E-state index contributed by atoms with van der Waals surface area (Å²) in [7, 11) is 0. The summed E-state index contributed by atoms with van der Waals surface area (Å²) < 4.78 is 38.8. The fourth-order valence-electron chi connectivity index (χ4n) is 2.78. The van der Waals surface area contributed by atoms with Crippen LogP contribution in [0, 0.1) is 0 Å². The number of benzene rings is 1. The van der Waals surface area contributed by atoms with Crippen LogP contribution in [-0.2, 0) is 12.5 Å². The molecule has 116 valence electrons. The van der Waals surface area contributed by atoms with Gasteiger partial charge in [0, 0.05) is 45.2 Å². The maximum absolute atomic E-state index is 13.9. The van der Waals surface area contributed by atoms with Crippen molar-refractivity contribution in [3.05, 3.63) is 23.3 Å². The number of nitrogens with one attached hydrogen (secondary N) is 1. The highest BCUT2D eigenvalue weighted by Crippen LogP contribution is 2.39. The summed E-state index contributed by atoms with van der Waals surface area (Å²) in [6.07, 6.45) is 0. The zero-order chi connectivity index (χ0) is 14.9. The molecule has 0 amide bonds. The van der Waals surface area contributed by atoms with Gasteiger partial charge in [0.2, 0.25) is 0 Å². The summed E-state index contributed by atoms with van der Waals surface area (Å²) in [5, 5.41) is 3.26. The quantitative estimate of drug-likeness (QED) is 0.925. The van der Waals surface area contributed by atoms with Gasteiger partial charge < -0.3 is 14.8 Å². The number of halogens is 2. The van der Waals surface area contributed by atoms with E-state index in [1.807, 2.05) is 0 Å². The molecule has 2 aliphatic heterocycles. The van der Waals surface area contributed by atoms with Crippen molar-refractivity contribution < 1.29 is 18.3 Å². The third-order valence-electron chi connectivity index (χ3n) is 3.84. The first-order valence-electron chi connectivity index (χ1n) is 7.28. The Hall–Kier alpha value is -1.40. The molecular formula is C15H20F2N2O2. The SMILES string of the molecule is CC(F)(F)c1cc2c(cc1CN1CCNCC1)OCCO2. The van der Waals surface area contributed by atoms with Crippen LogP contribution in [0.25, 0.3) is 0 Å². The van der Waals surface area contributed by atoms with Crippen LogP contribution in [0.5, 0.6) is 11.5 Å². The molecule has 2 heterocycles. The molecule has 3 rings (SSSR count). The monoisotopic (exact) mass is 298 g/mol. The number of hydrogen-bond acceptors (Lipinski definition) is 4. The standard InChI is InChI=1S/C15H20F2N2O2/c1-15(16,17)12-9-14-13(20-6-7-21-14)8-11(12)10-19-4-2-18-3-5-19/h8-9,18H,2-7,10H2,1H3. The van der Waals surface area contributed by atoms with Crippen LogP contribution >= 0.6 is 0 Å². The lowest BCUT2D eigenvalue weighted by Gasteiger charge is -2.30. The number of piperazine rings is 1. The van der Waals surface area contributed by atoms with E-state index in [-0.39, 0.29) is 5.56 Å². The highest BCUT2D eigenvalue weighted by molar-refractivity contribution is 5.49. The number of alkyl halides is 2. The number of nitrogens with zero attached hydrogens (tertiary/aromatic N) is 1. The van der Waals surface area contributed by atoms with Gasteiger partial charge in [-0.05, 0) is 17.7 Å². The molecular weight excluding hydrogens is 278 g/mol. The Morgan fingerprint density at radius 3 is 2.38 bits per heavy atom. The molecule has 0 bridgehead atoms. The highest BCUT2D eigenvalue weighted by Gasteiger charge is 2.31. The summed E-state index contributed by atoms with van der Waals surface area (Å²) in [4.78, 5) is 2.18. The molecule has 1 N–H and O–H groups in total. The lowest BCUT2D eigenvalue weighted by atomic mass is 10.0. The molecule has 1 fully saturated rings. The Kier molecular flexibility index (Phi) is 3.99. The first-order chi connectivity index (χ1) is 10.0. The molecule has 0 unspecified atom stereocenters. The van der Waals surface area contributed by atoms with Crippen LogP contribution in [0.4, 0.5) is 8.78 Å². The van der Waals surface area contributed by atoms with Gasteiger partial charge in [0.1, 0.15) is 13.2 Å². The second kappa shape index (κ2) is 5.77. The molecule has 4 nitrogen and oxygen atoms in total. The topological polar surface area (TPSA) is 33.7 Å². The van der Waals surface area contributed by atoms with Gasteiger partial charge in [0.05, 0.1) is 0 Å². The normalized spacial score (nSPS) is 19.6. The molecule has 0 spiro atoms. The first kappa shape index (κ1) is 14.5. The number of ether oxygens (including phenoxy) is 2. The van der Waals surface area contributed by atoms with Gasteiger partial charge in [-0.2, -0.15) is 0 Å². The Labute approximate surface area is 123 Å². The van der Waals surface area contributed by atoms with E-state index in [0.29, 0.717) is 36.8 Å². The fourth-order valence-corrected chi connectivity index (χ4v) is 2.78. The van der Waals surface area contributed by atoms with Crippen LogP contribution in [0.15, 0.2) is 12.1 Å². The third-order valence-corrected chi connectivity index (χ3v) is 3.84. The van der Waals surface area contributed by atoms with E-state index in [0.717, 1.165) is 33.1 Å².